The molecule has 0 heteroatoms. The molecule has 0 heterocycles. The Labute approximate surface area is 294 Å². The summed E-state index contributed by atoms with van der Waals surface area (Å²) in [5, 5.41) is 0. The predicted octanol–water partition coefficient (Wildman–Crippen LogP) is 18.5. The molecule has 0 N–H and O–H groups in total. The van der Waals surface area contributed by atoms with Crippen LogP contribution in [0.15, 0.2) is 57.2 Å². The maximum atomic E-state index is 2.26. The van der Waals surface area contributed by atoms with Gasteiger partial charge in [-0.15, -0.1) is 0 Å². The summed E-state index contributed by atoms with van der Waals surface area (Å²) in [6.07, 6.45) is 15.0. The van der Waals surface area contributed by atoms with Crippen LogP contribution in [-0.4, -0.2) is 0 Å². The maximum Gasteiger partial charge on any atom is -0.0260 e. The summed E-state index contributed by atoms with van der Waals surface area (Å²) in [6.45, 7) is 44.2. The van der Waals surface area contributed by atoms with E-state index in [0.29, 0.717) is 11.8 Å². The Hall–Kier alpha value is -1.30. The molecule has 0 rings (SSSR count). The molecular weight excluding hydrogens is 540 g/mol. The second-order valence-electron chi connectivity index (χ2n) is 12.0. The monoisotopic (exact) mass is 641 g/mol. The Kier molecular flexibility index (Phi) is 77.3. The summed E-state index contributed by atoms with van der Waals surface area (Å²) in [5.41, 5.74) is 10.8. The number of hydrogen-bond acceptors (Lipinski definition) is 0. The smallest absolute Gasteiger partial charge is 0.0260 e. The highest BCUT2D eigenvalue weighted by molar-refractivity contribution is 5.13. The third kappa shape index (κ3) is 52.5. The Morgan fingerprint density at radius 1 is 0.378 bits per heavy atom. The normalized spacial score (nSPS) is 11.7. The first kappa shape index (κ1) is 70.2. The highest BCUT2D eigenvalue weighted by atomic mass is 14.1. The van der Waals surface area contributed by atoms with Crippen LogP contribution in [0, 0.1) is 17.8 Å². The van der Waals surface area contributed by atoms with Crippen molar-refractivity contribution in [2.45, 2.75) is 221 Å². The lowest BCUT2D eigenvalue weighted by atomic mass is 9.93. The van der Waals surface area contributed by atoms with Gasteiger partial charge in [0.25, 0.3) is 0 Å². The van der Waals surface area contributed by atoms with E-state index >= 15 is 0 Å². The average Bonchev–Trinajstić information content (AvgIpc) is 2.94. The SMILES string of the molecule is C.C.C.C.C.C/C(=C(\C)C(C)C)C(C)C.CC/C(C)=C(/C)C(C)C.CC/C(C)=C(/C)CC.CC/C=C(/C)CC.CC/C=C/CC. The van der Waals surface area contributed by atoms with E-state index in [2.05, 4.69) is 157 Å². The topological polar surface area (TPSA) is 0 Å². The first-order valence-electron chi connectivity index (χ1n) is 16.8. The Morgan fingerprint density at radius 3 is 0.756 bits per heavy atom. The number of hydrogen-bond donors (Lipinski definition) is 0. The molecule has 0 aromatic rings. The number of rotatable bonds is 10. The van der Waals surface area contributed by atoms with Gasteiger partial charge in [-0.3, -0.25) is 0 Å². The van der Waals surface area contributed by atoms with Gasteiger partial charge in [-0.1, -0.05) is 184 Å². The van der Waals surface area contributed by atoms with E-state index in [0.717, 1.165) is 5.92 Å². The Balaban J connectivity index is -0.0000000418. The molecule has 0 bridgehead atoms. The fourth-order valence-corrected chi connectivity index (χ4v) is 3.11. The van der Waals surface area contributed by atoms with Crippen LogP contribution in [-0.2, 0) is 0 Å². The fourth-order valence-electron chi connectivity index (χ4n) is 3.11. The van der Waals surface area contributed by atoms with Crippen molar-refractivity contribution in [3.63, 3.8) is 0 Å². The van der Waals surface area contributed by atoms with Gasteiger partial charge in [0.2, 0.25) is 0 Å². The van der Waals surface area contributed by atoms with E-state index in [1.54, 1.807) is 33.4 Å². The van der Waals surface area contributed by atoms with Crippen LogP contribution in [0.4, 0.5) is 0 Å². The molecule has 0 nitrogen and oxygen atoms in total. The van der Waals surface area contributed by atoms with Crippen LogP contribution < -0.4 is 0 Å². The van der Waals surface area contributed by atoms with Gasteiger partial charge in [0.15, 0.2) is 0 Å². The van der Waals surface area contributed by atoms with Gasteiger partial charge in [0.1, 0.15) is 0 Å². The van der Waals surface area contributed by atoms with Crippen molar-refractivity contribution in [3.8, 4) is 0 Å². The van der Waals surface area contributed by atoms with Crippen LogP contribution in [0.3, 0.4) is 0 Å². The molecule has 0 fully saturated rings. The summed E-state index contributed by atoms with van der Waals surface area (Å²) >= 11 is 0. The first-order chi connectivity index (χ1) is 18.5. The van der Waals surface area contributed by atoms with Gasteiger partial charge in [-0.05, 0) is 111 Å². The highest BCUT2D eigenvalue weighted by Gasteiger charge is 2.04. The van der Waals surface area contributed by atoms with E-state index in [1.165, 1.54) is 50.5 Å². The van der Waals surface area contributed by atoms with Crippen molar-refractivity contribution in [1.29, 1.82) is 0 Å². The molecule has 280 valence electrons. The minimum atomic E-state index is 0. The molecule has 0 aliphatic heterocycles. The third-order valence-corrected chi connectivity index (χ3v) is 7.96. The molecule has 0 aliphatic carbocycles. The molecule has 0 saturated carbocycles. The quantitative estimate of drug-likeness (QED) is 0.208. The Bertz CT molecular complexity index is 664. The molecule has 0 amide bonds. The zero-order valence-corrected chi connectivity index (χ0v) is 31.9. The highest BCUT2D eigenvalue weighted by Crippen LogP contribution is 2.19. The molecule has 0 spiro atoms. The molecule has 0 atom stereocenters. The van der Waals surface area contributed by atoms with Crippen molar-refractivity contribution in [1.82, 2.24) is 0 Å². The van der Waals surface area contributed by atoms with E-state index < -0.39 is 0 Å². The van der Waals surface area contributed by atoms with Crippen molar-refractivity contribution in [2.75, 3.05) is 0 Å². The molecular formula is C45H100. The molecule has 0 aromatic heterocycles. The van der Waals surface area contributed by atoms with Crippen LogP contribution in [0.1, 0.15) is 221 Å². The van der Waals surface area contributed by atoms with Gasteiger partial charge < -0.3 is 0 Å². The van der Waals surface area contributed by atoms with Crippen LogP contribution >= 0.6 is 0 Å². The zero-order valence-electron chi connectivity index (χ0n) is 31.9. The molecule has 45 heavy (non-hydrogen) atoms. The second kappa shape index (κ2) is 49.6. The van der Waals surface area contributed by atoms with Gasteiger partial charge in [-0.25, -0.2) is 0 Å². The zero-order chi connectivity index (χ0) is 32.8. The largest absolute Gasteiger partial charge is 0.0888 e. The molecule has 0 unspecified atom stereocenters. The van der Waals surface area contributed by atoms with Crippen LogP contribution in [0.2, 0.25) is 0 Å². The van der Waals surface area contributed by atoms with Gasteiger partial charge in [0, 0.05) is 0 Å². The molecule has 0 aliphatic rings. The van der Waals surface area contributed by atoms with E-state index in [-0.39, 0.29) is 37.1 Å². The molecule has 0 saturated heterocycles. The van der Waals surface area contributed by atoms with E-state index in [4.69, 9.17) is 0 Å². The third-order valence-electron chi connectivity index (χ3n) is 7.96. The summed E-state index contributed by atoms with van der Waals surface area (Å²) < 4.78 is 0. The van der Waals surface area contributed by atoms with Crippen molar-refractivity contribution >= 4 is 0 Å². The fraction of sp³-hybridized carbons (Fsp3) is 0.778. The maximum absolute atomic E-state index is 2.26. The second-order valence-corrected chi connectivity index (χ2v) is 12.0. The molecule has 0 aromatic carbocycles. The average molecular weight is 641 g/mol. The summed E-state index contributed by atoms with van der Waals surface area (Å²) in [6, 6.07) is 0. The lowest BCUT2D eigenvalue weighted by molar-refractivity contribution is 0.691. The van der Waals surface area contributed by atoms with Crippen LogP contribution in [0.5, 0.6) is 0 Å². The minimum absolute atomic E-state index is 0. The molecule has 0 radical (unpaired) electrons. The standard InChI is InChI=1S/C10H20.C9H18.C8H16.C7H14.C6H12.5CH4/c1-7(2)9(5)10(6)8(3)4;1-6-8(4)9(5)7(2)3;1-5-7(3)8(4)6-2;1-4-6-7(3)5-2;1-3-5-6-4-2;;;;;/h7-8H,1-6H3;7H,6H2,1-5H3;5-6H2,1-4H3;6H,4-5H2,1-3H3;5-6H,3-4H2,1-2H3;5*1H4/b10-9-;9-8-;8-7-;7-6-;6-5+;;;;;. The minimum Gasteiger partial charge on any atom is -0.0888 e. The summed E-state index contributed by atoms with van der Waals surface area (Å²) in [4.78, 5) is 0. The van der Waals surface area contributed by atoms with Crippen molar-refractivity contribution in [2.24, 2.45) is 17.8 Å². The van der Waals surface area contributed by atoms with E-state index in [9.17, 15) is 0 Å². The Morgan fingerprint density at radius 2 is 0.644 bits per heavy atom. The van der Waals surface area contributed by atoms with Gasteiger partial charge in [-0.2, -0.15) is 0 Å². The van der Waals surface area contributed by atoms with Gasteiger partial charge in [0.05, 0.1) is 0 Å². The van der Waals surface area contributed by atoms with Crippen molar-refractivity contribution in [3.05, 3.63) is 57.2 Å². The number of allylic oxidation sites excluding steroid dienone is 10. The summed E-state index contributed by atoms with van der Waals surface area (Å²) in [7, 11) is 0. The summed E-state index contributed by atoms with van der Waals surface area (Å²) in [5.74, 6) is 2.15. The van der Waals surface area contributed by atoms with Gasteiger partial charge >= 0.3 is 0 Å². The van der Waals surface area contributed by atoms with Crippen LogP contribution in [0.25, 0.3) is 0 Å². The van der Waals surface area contributed by atoms with E-state index in [1.807, 2.05) is 0 Å². The predicted molar refractivity (Wildman–Crippen MR) is 228 cm³/mol. The van der Waals surface area contributed by atoms with Crippen molar-refractivity contribution < 1.29 is 0 Å². The first-order valence-corrected chi connectivity index (χ1v) is 16.8. The lowest BCUT2D eigenvalue weighted by Gasteiger charge is -2.13. The lowest BCUT2D eigenvalue weighted by Crippen LogP contribution is -1.98.